The highest BCUT2D eigenvalue weighted by Crippen LogP contribution is 2.11. The molecule has 0 saturated carbocycles. The Labute approximate surface area is 111 Å². The SMILES string of the molecule is COc1ccc(CCNc2nccc(C#N)n2)cc1. The molecule has 96 valence electrons. The van der Waals surface area contributed by atoms with E-state index in [1.807, 2.05) is 30.3 Å². The minimum Gasteiger partial charge on any atom is -0.497 e. The van der Waals surface area contributed by atoms with Crippen LogP contribution in [-0.2, 0) is 6.42 Å². The third kappa shape index (κ3) is 3.68. The summed E-state index contributed by atoms with van der Waals surface area (Å²) in [5.41, 5.74) is 1.56. The van der Waals surface area contributed by atoms with E-state index in [-0.39, 0.29) is 0 Å². The molecular weight excluding hydrogens is 240 g/mol. The van der Waals surface area contributed by atoms with Gasteiger partial charge in [-0.2, -0.15) is 5.26 Å². The molecule has 1 aromatic carbocycles. The molecule has 0 atom stereocenters. The number of hydrogen-bond donors (Lipinski definition) is 1. The number of nitriles is 1. The van der Waals surface area contributed by atoms with E-state index >= 15 is 0 Å². The maximum atomic E-state index is 8.73. The molecule has 0 bridgehead atoms. The number of hydrogen-bond acceptors (Lipinski definition) is 5. The van der Waals surface area contributed by atoms with Gasteiger partial charge in [0.2, 0.25) is 5.95 Å². The molecule has 0 saturated heterocycles. The van der Waals surface area contributed by atoms with Crippen LogP contribution < -0.4 is 10.1 Å². The Bertz CT molecular complexity index is 575. The molecule has 0 amide bonds. The average molecular weight is 254 g/mol. The van der Waals surface area contributed by atoms with Crippen molar-refractivity contribution in [1.82, 2.24) is 9.97 Å². The zero-order valence-corrected chi connectivity index (χ0v) is 10.6. The molecule has 1 N–H and O–H groups in total. The lowest BCUT2D eigenvalue weighted by molar-refractivity contribution is 0.414. The maximum Gasteiger partial charge on any atom is 0.223 e. The zero-order chi connectivity index (χ0) is 13.5. The standard InChI is InChI=1S/C14H14N4O/c1-19-13-4-2-11(3-5-13)6-8-16-14-17-9-7-12(10-15)18-14/h2-5,7,9H,6,8H2,1H3,(H,16,17,18). The van der Waals surface area contributed by atoms with Gasteiger partial charge in [0.1, 0.15) is 17.5 Å². The molecule has 0 aliphatic carbocycles. The summed E-state index contributed by atoms with van der Waals surface area (Å²) in [4.78, 5) is 8.10. The highest BCUT2D eigenvalue weighted by Gasteiger charge is 1.98. The van der Waals surface area contributed by atoms with Gasteiger partial charge >= 0.3 is 0 Å². The van der Waals surface area contributed by atoms with Gasteiger partial charge in [-0.15, -0.1) is 0 Å². The molecule has 0 aliphatic rings. The zero-order valence-electron chi connectivity index (χ0n) is 10.6. The fraction of sp³-hybridized carbons (Fsp3) is 0.214. The Hall–Kier alpha value is -2.61. The quantitative estimate of drug-likeness (QED) is 0.883. The van der Waals surface area contributed by atoms with E-state index in [0.29, 0.717) is 18.2 Å². The van der Waals surface area contributed by atoms with Crippen molar-refractivity contribution in [2.75, 3.05) is 19.0 Å². The van der Waals surface area contributed by atoms with Crippen molar-refractivity contribution >= 4 is 5.95 Å². The monoisotopic (exact) mass is 254 g/mol. The first kappa shape index (κ1) is 12.8. The van der Waals surface area contributed by atoms with Crippen molar-refractivity contribution in [2.24, 2.45) is 0 Å². The Balaban J connectivity index is 1.87. The van der Waals surface area contributed by atoms with Gasteiger partial charge in [-0.3, -0.25) is 0 Å². The summed E-state index contributed by atoms with van der Waals surface area (Å²) >= 11 is 0. The lowest BCUT2D eigenvalue weighted by Crippen LogP contribution is -2.08. The van der Waals surface area contributed by atoms with Crippen molar-refractivity contribution in [1.29, 1.82) is 5.26 Å². The molecule has 2 rings (SSSR count). The van der Waals surface area contributed by atoms with Crippen LogP contribution in [0.5, 0.6) is 5.75 Å². The van der Waals surface area contributed by atoms with Crippen LogP contribution in [-0.4, -0.2) is 23.6 Å². The maximum absolute atomic E-state index is 8.73. The van der Waals surface area contributed by atoms with Gasteiger partial charge in [0.05, 0.1) is 7.11 Å². The third-order valence-electron chi connectivity index (χ3n) is 2.63. The van der Waals surface area contributed by atoms with Gasteiger partial charge in [-0.1, -0.05) is 12.1 Å². The number of ether oxygens (including phenoxy) is 1. The van der Waals surface area contributed by atoms with Gasteiger partial charge in [0, 0.05) is 12.7 Å². The van der Waals surface area contributed by atoms with Crippen LogP contribution in [0.15, 0.2) is 36.5 Å². The minimum atomic E-state index is 0.363. The first-order chi connectivity index (χ1) is 9.31. The summed E-state index contributed by atoms with van der Waals surface area (Å²) in [5.74, 6) is 1.33. The van der Waals surface area contributed by atoms with Gasteiger partial charge in [-0.25, -0.2) is 9.97 Å². The van der Waals surface area contributed by atoms with E-state index in [0.717, 1.165) is 12.2 Å². The molecule has 0 spiro atoms. The molecule has 1 aromatic heterocycles. The van der Waals surface area contributed by atoms with E-state index in [2.05, 4.69) is 15.3 Å². The first-order valence-electron chi connectivity index (χ1n) is 5.92. The molecule has 0 fully saturated rings. The van der Waals surface area contributed by atoms with Crippen molar-refractivity contribution in [3.05, 3.63) is 47.8 Å². The number of nitrogens with zero attached hydrogens (tertiary/aromatic N) is 3. The Morgan fingerprint density at radius 2 is 2.05 bits per heavy atom. The van der Waals surface area contributed by atoms with E-state index in [4.69, 9.17) is 10.00 Å². The Morgan fingerprint density at radius 3 is 2.74 bits per heavy atom. The van der Waals surface area contributed by atoms with Crippen LogP contribution in [0.3, 0.4) is 0 Å². The second kappa shape index (κ2) is 6.36. The Kier molecular flexibility index (Phi) is 4.29. The number of benzene rings is 1. The number of rotatable bonds is 5. The second-order valence-corrected chi connectivity index (χ2v) is 3.90. The number of anilines is 1. The molecule has 2 aromatic rings. The molecule has 5 heteroatoms. The van der Waals surface area contributed by atoms with Gasteiger partial charge in [0.15, 0.2) is 0 Å². The van der Waals surface area contributed by atoms with Crippen molar-refractivity contribution in [3.8, 4) is 11.8 Å². The predicted molar refractivity (Wildman–Crippen MR) is 71.9 cm³/mol. The molecule has 0 radical (unpaired) electrons. The average Bonchev–Trinajstić information content (AvgIpc) is 2.48. The smallest absolute Gasteiger partial charge is 0.223 e. The van der Waals surface area contributed by atoms with Crippen molar-refractivity contribution in [2.45, 2.75) is 6.42 Å². The Morgan fingerprint density at radius 1 is 1.26 bits per heavy atom. The van der Waals surface area contributed by atoms with Crippen LogP contribution in [0, 0.1) is 11.3 Å². The predicted octanol–water partition coefficient (Wildman–Crippen LogP) is 2.01. The summed E-state index contributed by atoms with van der Waals surface area (Å²) in [7, 11) is 1.65. The highest BCUT2D eigenvalue weighted by atomic mass is 16.5. The third-order valence-corrected chi connectivity index (χ3v) is 2.63. The molecular formula is C14H14N4O. The summed E-state index contributed by atoms with van der Waals surface area (Å²) in [6.45, 7) is 0.710. The minimum absolute atomic E-state index is 0.363. The van der Waals surface area contributed by atoms with E-state index < -0.39 is 0 Å². The van der Waals surface area contributed by atoms with Crippen molar-refractivity contribution in [3.63, 3.8) is 0 Å². The highest BCUT2D eigenvalue weighted by molar-refractivity contribution is 5.31. The fourth-order valence-corrected chi connectivity index (χ4v) is 1.62. The van der Waals surface area contributed by atoms with Crippen LogP contribution in [0.25, 0.3) is 0 Å². The summed E-state index contributed by atoms with van der Waals surface area (Å²) in [5, 5.41) is 11.8. The van der Waals surface area contributed by atoms with Crippen LogP contribution in [0.4, 0.5) is 5.95 Å². The van der Waals surface area contributed by atoms with Gasteiger partial charge < -0.3 is 10.1 Å². The molecule has 1 heterocycles. The van der Waals surface area contributed by atoms with Crippen LogP contribution in [0.1, 0.15) is 11.3 Å². The van der Waals surface area contributed by atoms with Crippen molar-refractivity contribution < 1.29 is 4.74 Å². The van der Waals surface area contributed by atoms with E-state index in [9.17, 15) is 0 Å². The van der Waals surface area contributed by atoms with Crippen LogP contribution >= 0.6 is 0 Å². The van der Waals surface area contributed by atoms with Gasteiger partial charge in [-0.05, 0) is 30.2 Å². The number of aromatic nitrogens is 2. The number of nitrogens with one attached hydrogen (secondary N) is 1. The molecule has 0 aliphatic heterocycles. The lowest BCUT2D eigenvalue weighted by atomic mass is 10.1. The molecule has 5 nitrogen and oxygen atoms in total. The molecule has 19 heavy (non-hydrogen) atoms. The normalized spacial score (nSPS) is 9.68. The summed E-state index contributed by atoms with van der Waals surface area (Å²) < 4.78 is 5.10. The molecule has 0 unspecified atom stereocenters. The fourth-order valence-electron chi connectivity index (χ4n) is 1.62. The van der Waals surface area contributed by atoms with E-state index in [1.54, 1.807) is 19.4 Å². The number of methoxy groups -OCH3 is 1. The summed E-state index contributed by atoms with van der Waals surface area (Å²) in [6, 6.07) is 11.5. The van der Waals surface area contributed by atoms with Crippen LogP contribution in [0.2, 0.25) is 0 Å². The summed E-state index contributed by atoms with van der Waals surface area (Å²) in [6.07, 6.45) is 2.42. The topological polar surface area (TPSA) is 70.8 Å². The second-order valence-electron chi connectivity index (χ2n) is 3.90. The largest absolute Gasteiger partial charge is 0.497 e. The van der Waals surface area contributed by atoms with Gasteiger partial charge in [0.25, 0.3) is 0 Å². The lowest BCUT2D eigenvalue weighted by Gasteiger charge is -2.05. The first-order valence-corrected chi connectivity index (χ1v) is 5.92. The van der Waals surface area contributed by atoms with E-state index in [1.165, 1.54) is 5.56 Å².